The second kappa shape index (κ2) is 7.64. The molecule has 4 N–H and O–H groups in total. The van der Waals surface area contributed by atoms with Crippen LogP contribution in [0.1, 0.15) is 36.9 Å². The summed E-state index contributed by atoms with van der Waals surface area (Å²) >= 11 is 12.6. The molecule has 0 saturated carbocycles. The first-order chi connectivity index (χ1) is 14.8. The van der Waals surface area contributed by atoms with Crippen molar-refractivity contribution in [1.29, 1.82) is 0 Å². The predicted molar refractivity (Wildman–Crippen MR) is 122 cm³/mol. The van der Waals surface area contributed by atoms with Crippen molar-refractivity contribution in [1.82, 2.24) is 15.0 Å². The zero-order valence-electron chi connectivity index (χ0n) is 17.5. The molecule has 0 amide bonds. The van der Waals surface area contributed by atoms with E-state index in [-0.39, 0.29) is 23.1 Å². The highest BCUT2D eigenvalue weighted by atomic mass is 35.5. The van der Waals surface area contributed by atoms with E-state index in [4.69, 9.17) is 38.7 Å². The first-order valence-electron chi connectivity index (χ1n) is 10.5. The largest absolute Gasteiger partial charge is 0.376 e. The average molecular weight is 465 g/mol. The smallest absolute Gasteiger partial charge is 0.262 e. The number of aromatic nitrogens is 2. The highest BCUT2D eigenvalue weighted by Gasteiger charge is 2.48. The summed E-state index contributed by atoms with van der Waals surface area (Å²) in [4.78, 5) is 20.3. The van der Waals surface area contributed by atoms with Crippen LogP contribution in [0, 0.1) is 5.41 Å². The monoisotopic (exact) mass is 464 g/mol. The number of piperidine rings is 1. The van der Waals surface area contributed by atoms with E-state index >= 15 is 0 Å². The van der Waals surface area contributed by atoms with Crippen LogP contribution in [-0.2, 0) is 11.8 Å². The lowest BCUT2D eigenvalue weighted by atomic mass is 9.73. The summed E-state index contributed by atoms with van der Waals surface area (Å²) in [5.41, 5.74) is 13.8. The van der Waals surface area contributed by atoms with Gasteiger partial charge in [-0.2, -0.15) is 4.98 Å². The summed E-state index contributed by atoms with van der Waals surface area (Å²) in [7, 11) is 1.76. The van der Waals surface area contributed by atoms with E-state index in [1.54, 1.807) is 17.7 Å². The van der Waals surface area contributed by atoms with Gasteiger partial charge < -0.3 is 20.8 Å². The molecule has 0 bridgehead atoms. The lowest BCUT2D eigenvalue weighted by molar-refractivity contribution is 0.0973. The first-order valence-corrected chi connectivity index (χ1v) is 11.3. The Labute approximate surface area is 190 Å². The molecule has 1 aromatic heterocycles. The predicted octanol–water partition coefficient (Wildman–Crippen LogP) is 2.44. The van der Waals surface area contributed by atoms with Gasteiger partial charge in [-0.25, -0.2) is 5.43 Å². The van der Waals surface area contributed by atoms with Gasteiger partial charge in [0.15, 0.2) is 5.82 Å². The number of benzene rings is 1. The zero-order valence-corrected chi connectivity index (χ0v) is 19.0. The lowest BCUT2D eigenvalue weighted by Gasteiger charge is -2.41. The molecule has 2 saturated heterocycles. The molecule has 31 heavy (non-hydrogen) atoms. The molecular weight excluding hydrogens is 439 g/mol. The fraction of sp³-hybridized carbons (Fsp3) is 0.524. The van der Waals surface area contributed by atoms with Crippen molar-refractivity contribution >= 4 is 35.0 Å². The van der Waals surface area contributed by atoms with Crippen LogP contribution in [0.3, 0.4) is 0 Å². The van der Waals surface area contributed by atoms with Crippen molar-refractivity contribution < 1.29 is 4.74 Å². The third-order valence-electron chi connectivity index (χ3n) is 7.11. The Morgan fingerprint density at radius 2 is 2.03 bits per heavy atom. The minimum atomic E-state index is -0.429. The van der Waals surface area contributed by atoms with E-state index in [2.05, 4.69) is 15.8 Å². The Morgan fingerprint density at radius 1 is 1.29 bits per heavy atom. The van der Waals surface area contributed by atoms with Crippen LogP contribution < -0.4 is 27.0 Å². The van der Waals surface area contributed by atoms with Gasteiger partial charge in [-0.05, 0) is 31.4 Å². The van der Waals surface area contributed by atoms with Crippen molar-refractivity contribution in [3.05, 3.63) is 49.7 Å². The number of nitrogens with zero attached hydrogens (tertiary/aromatic N) is 3. The van der Waals surface area contributed by atoms with Crippen molar-refractivity contribution in [3.8, 4) is 0 Å². The number of rotatable bonds is 2. The third-order valence-corrected chi connectivity index (χ3v) is 7.94. The van der Waals surface area contributed by atoms with Gasteiger partial charge in [-0.1, -0.05) is 35.3 Å². The number of hydrazine groups is 1. The number of halogens is 2. The second-order valence-electron chi connectivity index (χ2n) is 8.77. The molecule has 0 radical (unpaired) electrons. The van der Waals surface area contributed by atoms with Gasteiger partial charge in [0, 0.05) is 31.6 Å². The molecule has 3 aliphatic rings. The third kappa shape index (κ3) is 3.24. The molecule has 166 valence electrons. The Bertz CT molecular complexity index is 1080. The van der Waals surface area contributed by atoms with Gasteiger partial charge in [-0.3, -0.25) is 9.36 Å². The fourth-order valence-electron chi connectivity index (χ4n) is 5.06. The molecule has 3 aliphatic heterocycles. The van der Waals surface area contributed by atoms with Crippen molar-refractivity contribution in [3.63, 3.8) is 0 Å². The molecule has 0 aliphatic carbocycles. The maximum Gasteiger partial charge on any atom is 0.262 e. The van der Waals surface area contributed by atoms with Crippen LogP contribution in [0.4, 0.5) is 11.8 Å². The summed E-state index contributed by atoms with van der Waals surface area (Å²) in [6.07, 6.45) is 1.91. The molecule has 3 atom stereocenters. The molecule has 4 heterocycles. The van der Waals surface area contributed by atoms with E-state index in [9.17, 15) is 4.79 Å². The molecule has 1 aromatic carbocycles. The van der Waals surface area contributed by atoms with E-state index < -0.39 is 6.04 Å². The fourth-order valence-corrected chi connectivity index (χ4v) is 5.48. The maximum atomic E-state index is 13.3. The number of nitrogens with two attached hydrogens (primary N) is 1. The maximum absolute atomic E-state index is 13.3. The SMILES string of the molecule is C[C@@H]1OCC2(CCN(c3nc4c(c(=O)n3C)C(c3cccc(Cl)c3Cl)NN4)CC2)[C@@H]1N. The van der Waals surface area contributed by atoms with Crippen LogP contribution in [-0.4, -0.2) is 41.4 Å². The van der Waals surface area contributed by atoms with Gasteiger partial charge in [-0.15, -0.1) is 0 Å². The zero-order chi connectivity index (χ0) is 21.9. The molecule has 2 aromatic rings. The number of ether oxygens (including phenoxy) is 1. The number of anilines is 2. The molecule has 5 rings (SSSR count). The summed E-state index contributed by atoms with van der Waals surface area (Å²) in [5, 5.41) is 0.870. The lowest BCUT2D eigenvalue weighted by Crippen LogP contribution is -2.51. The second-order valence-corrected chi connectivity index (χ2v) is 9.56. The van der Waals surface area contributed by atoms with Crippen LogP contribution in [0.15, 0.2) is 23.0 Å². The van der Waals surface area contributed by atoms with Gasteiger partial charge in [0.05, 0.1) is 34.4 Å². The molecule has 2 fully saturated rings. The Kier molecular flexibility index (Phi) is 5.18. The van der Waals surface area contributed by atoms with Gasteiger partial charge in [0.1, 0.15) is 0 Å². The summed E-state index contributed by atoms with van der Waals surface area (Å²) in [6.45, 7) is 4.30. The van der Waals surface area contributed by atoms with E-state index in [0.717, 1.165) is 31.5 Å². The molecule has 8 nitrogen and oxygen atoms in total. The summed E-state index contributed by atoms with van der Waals surface area (Å²) in [5.74, 6) is 1.17. The number of hydrogen-bond acceptors (Lipinski definition) is 7. The van der Waals surface area contributed by atoms with E-state index in [0.29, 0.717) is 34.0 Å². The van der Waals surface area contributed by atoms with Gasteiger partial charge >= 0.3 is 0 Å². The van der Waals surface area contributed by atoms with Crippen molar-refractivity contribution in [2.45, 2.75) is 38.0 Å². The van der Waals surface area contributed by atoms with Gasteiger partial charge in [0.2, 0.25) is 5.95 Å². The van der Waals surface area contributed by atoms with Crippen LogP contribution in [0.2, 0.25) is 10.0 Å². The molecular formula is C21H26Cl2N6O2. The number of nitrogens with one attached hydrogen (secondary N) is 2. The van der Waals surface area contributed by atoms with Crippen LogP contribution >= 0.6 is 23.2 Å². The highest BCUT2D eigenvalue weighted by molar-refractivity contribution is 6.42. The summed E-state index contributed by atoms with van der Waals surface area (Å²) < 4.78 is 7.44. The van der Waals surface area contributed by atoms with E-state index in [1.807, 2.05) is 19.1 Å². The van der Waals surface area contributed by atoms with Crippen LogP contribution in [0.25, 0.3) is 0 Å². The Morgan fingerprint density at radius 3 is 2.71 bits per heavy atom. The minimum absolute atomic E-state index is 0.0136. The number of hydrogen-bond donors (Lipinski definition) is 3. The van der Waals surface area contributed by atoms with Gasteiger partial charge in [0.25, 0.3) is 5.56 Å². The minimum Gasteiger partial charge on any atom is -0.376 e. The first kappa shape index (κ1) is 21.0. The number of fused-ring (bicyclic) bond motifs is 1. The molecule has 1 spiro atoms. The normalized spacial score (nSPS) is 26.9. The van der Waals surface area contributed by atoms with E-state index in [1.165, 1.54) is 0 Å². The van der Waals surface area contributed by atoms with Crippen LogP contribution in [0.5, 0.6) is 0 Å². The summed E-state index contributed by atoms with van der Waals surface area (Å²) in [6, 6.07) is 5.01. The van der Waals surface area contributed by atoms with Crippen molar-refractivity contribution in [2.75, 3.05) is 30.0 Å². The average Bonchev–Trinajstić information content (AvgIpc) is 3.31. The molecule has 10 heteroatoms. The topological polar surface area (TPSA) is 97.4 Å². The Hall–Kier alpha value is -1.84. The highest BCUT2D eigenvalue weighted by Crippen LogP contribution is 2.42. The standard InChI is InChI=1S/C21H26Cl2N6O2/c1-11-17(24)21(10-31-11)6-8-29(9-7-21)20-25-18-14(19(30)28(20)2)16(26-27-18)12-4-3-5-13(22)15(12)23/h3-5,11,16-17,26-27H,6-10,24H2,1-2H3/t11-,16?,17+/m0/s1. The molecule has 1 unspecified atom stereocenters. The Balaban J connectivity index is 1.44. The quantitative estimate of drug-likeness (QED) is 0.627. The van der Waals surface area contributed by atoms with Crippen molar-refractivity contribution in [2.24, 2.45) is 18.2 Å².